The Morgan fingerprint density at radius 1 is 1.04 bits per heavy atom. The van der Waals surface area contributed by atoms with Crippen molar-refractivity contribution in [2.24, 2.45) is 5.10 Å². The van der Waals surface area contributed by atoms with Gasteiger partial charge in [0.05, 0.1) is 6.54 Å². The summed E-state index contributed by atoms with van der Waals surface area (Å²) in [6, 6.07) is 19.4. The van der Waals surface area contributed by atoms with E-state index in [1.807, 2.05) is 60.7 Å². The minimum absolute atomic E-state index is 0.0461. The number of amides is 2. The van der Waals surface area contributed by atoms with Crippen LogP contribution in [-0.2, 0) is 16.1 Å². The molecule has 0 radical (unpaired) electrons. The van der Waals surface area contributed by atoms with Gasteiger partial charge in [-0.1, -0.05) is 61.9 Å². The van der Waals surface area contributed by atoms with E-state index in [0.29, 0.717) is 31.6 Å². The van der Waals surface area contributed by atoms with Crippen molar-refractivity contribution in [1.29, 1.82) is 0 Å². The smallest absolute Gasteiger partial charge is 0.274 e. The van der Waals surface area contributed by atoms with Gasteiger partial charge in [-0.2, -0.15) is 5.10 Å². The highest BCUT2D eigenvalue weighted by Gasteiger charge is 2.28. The van der Waals surface area contributed by atoms with E-state index in [1.54, 1.807) is 4.90 Å². The summed E-state index contributed by atoms with van der Waals surface area (Å²) in [5.41, 5.74) is 2.31. The first kappa shape index (κ1) is 18.8. The number of hydrogen-bond donors (Lipinski definition) is 0. The van der Waals surface area contributed by atoms with E-state index in [9.17, 15) is 9.59 Å². The number of nitrogens with zero attached hydrogens (tertiary/aromatic N) is 3. The normalized spacial score (nSPS) is 14.0. The number of benzene rings is 2. The van der Waals surface area contributed by atoms with Crippen LogP contribution in [0.15, 0.2) is 65.8 Å². The topological polar surface area (TPSA) is 53.0 Å². The van der Waals surface area contributed by atoms with Crippen molar-refractivity contribution in [3.63, 3.8) is 0 Å². The molecule has 0 spiro atoms. The number of rotatable bonds is 7. The number of carbonyl (C=O) groups is 2. The number of carbonyl (C=O) groups excluding carboxylic acids is 2. The third-order valence-corrected chi connectivity index (χ3v) is 4.58. The van der Waals surface area contributed by atoms with Crippen LogP contribution in [0.3, 0.4) is 0 Å². The molecule has 2 aromatic carbocycles. The lowest BCUT2D eigenvalue weighted by molar-refractivity contribution is -0.132. The minimum atomic E-state index is -0.111. The van der Waals surface area contributed by atoms with Crippen molar-refractivity contribution in [3.8, 4) is 0 Å². The van der Waals surface area contributed by atoms with E-state index in [-0.39, 0.29) is 11.8 Å². The number of hydrazone groups is 1. The summed E-state index contributed by atoms with van der Waals surface area (Å²) in [7, 11) is 0. The SMILES string of the molecule is CCCCN(C(=O)C1=NN(Cc2ccccc2)C(=O)CC1)c1ccccc1. The second kappa shape index (κ2) is 9.12. The van der Waals surface area contributed by atoms with Crippen molar-refractivity contribution < 1.29 is 9.59 Å². The molecule has 0 atom stereocenters. The molecule has 0 unspecified atom stereocenters. The Kier molecular flexibility index (Phi) is 6.36. The van der Waals surface area contributed by atoms with Crippen LogP contribution in [0.5, 0.6) is 0 Å². The van der Waals surface area contributed by atoms with Crippen molar-refractivity contribution >= 4 is 23.2 Å². The molecule has 0 fully saturated rings. The Balaban J connectivity index is 1.82. The van der Waals surface area contributed by atoms with Gasteiger partial charge in [-0.25, -0.2) is 5.01 Å². The van der Waals surface area contributed by atoms with Gasteiger partial charge in [-0.15, -0.1) is 0 Å². The minimum Gasteiger partial charge on any atom is -0.307 e. The van der Waals surface area contributed by atoms with Crippen LogP contribution in [0.4, 0.5) is 5.69 Å². The Hall–Kier alpha value is -2.95. The van der Waals surface area contributed by atoms with Crippen LogP contribution in [0.2, 0.25) is 0 Å². The summed E-state index contributed by atoms with van der Waals surface area (Å²) in [6.45, 7) is 3.13. The Labute approximate surface area is 160 Å². The fraction of sp³-hybridized carbons (Fsp3) is 0.318. The highest BCUT2D eigenvalue weighted by molar-refractivity contribution is 6.44. The van der Waals surface area contributed by atoms with E-state index in [2.05, 4.69) is 12.0 Å². The van der Waals surface area contributed by atoms with Crippen LogP contribution in [0.25, 0.3) is 0 Å². The van der Waals surface area contributed by atoms with Gasteiger partial charge >= 0.3 is 0 Å². The largest absolute Gasteiger partial charge is 0.307 e. The van der Waals surface area contributed by atoms with Gasteiger partial charge in [0, 0.05) is 25.1 Å². The van der Waals surface area contributed by atoms with E-state index >= 15 is 0 Å². The quantitative estimate of drug-likeness (QED) is 0.747. The molecule has 2 aromatic rings. The van der Waals surface area contributed by atoms with Crippen LogP contribution in [0, 0.1) is 0 Å². The molecule has 0 saturated heterocycles. The molecule has 0 bridgehead atoms. The van der Waals surface area contributed by atoms with Crippen molar-refractivity contribution in [2.75, 3.05) is 11.4 Å². The zero-order chi connectivity index (χ0) is 19.1. The first-order chi connectivity index (χ1) is 13.2. The van der Waals surface area contributed by atoms with Gasteiger partial charge in [-0.05, 0) is 24.1 Å². The van der Waals surface area contributed by atoms with Gasteiger partial charge < -0.3 is 4.90 Å². The lowest BCUT2D eigenvalue weighted by Crippen LogP contribution is -2.42. The highest BCUT2D eigenvalue weighted by atomic mass is 16.2. The zero-order valence-corrected chi connectivity index (χ0v) is 15.7. The van der Waals surface area contributed by atoms with E-state index in [1.165, 1.54) is 5.01 Å². The van der Waals surface area contributed by atoms with Gasteiger partial charge in [0.25, 0.3) is 5.91 Å². The Morgan fingerprint density at radius 3 is 2.37 bits per heavy atom. The summed E-state index contributed by atoms with van der Waals surface area (Å²) < 4.78 is 0. The molecule has 0 saturated carbocycles. The van der Waals surface area contributed by atoms with Crippen LogP contribution in [0.1, 0.15) is 38.2 Å². The maximum atomic E-state index is 13.2. The predicted octanol–water partition coefficient (Wildman–Crippen LogP) is 4.00. The summed E-state index contributed by atoms with van der Waals surface area (Å²) in [5.74, 6) is -0.157. The Morgan fingerprint density at radius 2 is 1.70 bits per heavy atom. The number of anilines is 1. The molecule has 1 aliphatic heterocycles. The van der Waals surface area contributed by atoms with Crippen molar-refractivity contribution in [3.05, 3.63) is 66.2 Å². The van der Waals surface area contributed by atoms with Crippen molar-refractivity contribution in [2.45, 2.75) is 39.2 Å². The van der Waals surface area contributed by atoms with Crippen LogP contribution in [-0.4, -0.2) is 29.1 Å². The lowest BCUT2D eigenvalue weighted by atomic mass is 10.1. The third kappa shape index (κ3) is 4.82. The monoisotopic (exact) mass is 363 g/mol. The average Bonchev–Trinajstić information content (AvgIpc) is 2.71. The van der Waals surface area contributed by atoms with Crippen LogP contribution < -0.4 is 4.90 Å². The first-order valence-corrected chi connectivity index (χ1v) is 9.47. The van der Waals surface area contributed by atoms with Gasteiger partial charge in [-0.3, -0.25) is 9.59 Å². The first-order valence-electron chi connectivity index (χ1n) is 9.47. The summed E-state index contributed by atoms with van der Waals surface area (Å²) in [6.07, 6.45) is 2.62. The van der Waals surface area contributed by atoms with Gasteiger partial charge in [0.1, 0.15) is 5.71 Å². The molecule has 0 aromatic heterocycles. The molecular weight excluding hydrogens is 338 g/mol. The number of hydrogen-bond acceptors (Lipinski definition) is 3. The molecule has 1 heterocycles. The molecular formula is C22H25N3O2. The highest BCUT2D eigenvalue weighted by Crippen LogP contribution is 2.19. The second-order valence-corrected chi connectivity index (χ2v) is 6.63. The average molecular weight is 363 g/mol. The summed E-state index contributed by atoms with van der Waals surface area (Å²) >= 11 is 0. The van der Waals surface area contributed by atoms with Crippen LogP contribution >= 0.6 is 0 Å². The molecule has 27 heavy (non-hydrogen) atoms. The molecule has 3 rings (SSSR count). The van der Waals surface area contributed by atoms with Crippen molar-refractivity contribution in [1.82, 2.24) is 5.01 Å². The zero-order valence-electron chi connectivity index (χ0n) is 15.7. The van der Waals surface area contributed by atoms with E-state index in [0.717, 1.165) is 24.1 Å². The molecule has 0 aliphatic carbocycles. The fourth-order valence-corrected chi connectivity index (χ4v) is 3.06. The van der Waals surface area contributed by atoms with Gasteiger partial charge in [0.15, 0.2) is 0 Å². The molecule has 140 valence electrons. The fourth-order valence-electron chi connectivity index (χ4n) is 3.06. The van der Waals surface area contributed by atoms with E-state index < -0.39 is 0 Å². The van der Waals surface area contributed by atoms with Gasteiger partial charge in [0.2, 0.25) is 5.91 Å². The summed E-state index contributed by atoms with van der Waals surface area (Å²) in [4.78, 5) is 27.2. The molecule has 5 nitrogen and oxygen atoms in total. The second-order valence-electron chi connectivity index (χ2n) is 6.63. The number of para-hydroxylation sites is 1. The maximum Gasteiger partial charge on any atom is 0.274 e. The molecule has 1 aliphatic rings. The standard InChI is InChI=1S/C22H25N3O2/c1-2-3-16-24(19-12-8-5-9-13-19)22(27)20-14-15-21(26)25(23-20)17-18-10-6-4-7-11-18/h4-13H,2-3,14-17H2,1H3. The molecule has 2 amide bonds. The lowest BCUT2D eigenvalue weighted by Gasteiger charge is -2.27. The maximum absolute atomic E-state index is 13.2. The molecule has 5 heteroatoms. The summed E-state index contributed by atoms with van der Waals surface area (Å²) in [5, 5.41) is 5.85. The molecule has 0 N–H and O–H groups in total. The number of unbranched alkanes of at least 4 members (excludes halogenated alkanes) is 1. The third-order valence-electron chi connectivity index (χ3n) is 4.58. The Bertz CT molecular complexity index is 803. The van der Waals surface area contributed by atoms with E-state index in [4.69, 9.17) is 0 Å². The predicted molar refractivity (Wildman–Crippen MR) is 107 cm³/mol.